The zero-order valence-electron chi connectivity index (χ0n) is 13.2. The Balaban J connectivity index is 1.87. The van der Waals surface area contributed by atoms with Crippen molar-refractivity contribution < 1.29 is 18.3 Å². The van der Waals surface area contributed by atoms with Gasteiger partial charge in [0.1, 0.15) is 0 Å². The van der Waals surface area contributed by atoms with Gasteiger partial charge in [0.25, 0.3) is 5.91 Å². The van der Waals surface area contributed by atoms with E-state index in [1.165, 1.54) is 29.4 Å². The fourth-order valence-corrected chi connectivity index (χ4v) is 3.14. The highest BCUT2D eigenvalue weighted by Crippen LogP contribution is 2.27. The molecule has 0 aliphatic heterocycles. The third-order valence-electron chi connectivity index (χ3n) is 3.44. The molecule has 0 aliphatic carbocycles. The highest BCUT2D eigenvalue weighted by molar-refractivity contribution is 7.18. The number of amides is 1. The first-order valence-corrected chi connectivity index (χ1v) is 7.81. The number of hydrogen-bond acceptors (Lipinski definition) is 5. The van der Waals surface area contributed by atoms with Crippen LogP contribution in [0.5, 0.6) is 5.88 Å². The van der Waals surface area contributed by atoms with Gasteiger partial charge in [-0.2, -0.15) is 13.9 Å². The van der Waals surface area contributed by atoms with Crippen molar-refractivity contribution in [3.05, 3.63) is 35.0 Å². The number of fused-ring (bicyclic) bond motifs is 1. The van der Waals surface area contributed by atoms with Crippen molar-refractivity contribution in [2.75, 3.05) is 11.9 Å². The number of rotatable bonds is 4. The Bertz CT molecular complexity index is 906. The van der Waals surface area contributed by atoms with Gasteiger partial charge in [-0.3, -0.25) is 4.79 Å². The maximum Gasteiger partial charge on any atom is 0.388 e. The Labute approximate surface area is 140 Å². The summed E-state index contributed by atoms with van der Waals surface area (Å²) in [6.07, 6.45) is 0. The Kier molecular flexibility index (Phi) is 4.18. The Morgan fingerprint density at radius 2 is 2.12 bits per heavy atom. The number of alkyl halides is 2. The first-order chi connectivity index (χ1) is 11.3. The van der Waals surface area contributed by atoms with Crippen LogP contribution in [0, 0.1) is 6.92 Å². The molecular weight excluding hydrogens is 338 g/mol. The van der Waals surface area contributed by atoms with E-state index in [1.54, 1.807) is 13.1 Å². The minimum absolute atomic E-state index is 0.0243. The summed E-state index contributed by atoms with van der Waals surface area (Å²) in [5, 5.41) is 4.87. The van der Waals surface area contributed by atoms with Gasteiger partial charge in [0.05, 0.1) is 15.2 Å². The van der Waals surface area contributed by atoms with E-state index >= 15 is 0 Å². The smallest absolute Gasteiger partial charge is 0.388 e. The number of anilines is 1. The Hall–Kier alpha value is -2.55. The molecule has 2 heterocycles. The van der Waals surface area contributed by atoms with Crippen molar-refractivity contribution >= 4 is 33.1 Å². The van der Waals surface area contributed by atoms with Crippen LogP contribution in [0.1, 0.15) is 15.5 Å². The summed E-state index contributed by atoms with van der Waals surface area (Å²) in [4.78, 5) is 18.3. The summed E-state index contributed by atoms with van der Waals surface area (Å²) >= 11 is 1.53. The van der Waals surface area contributed by atoms with Crippen LogP contribution >= 0.6 is 11.3 Å². The number of thiazole rings is 1. The third kappa shape index (κ3) is 3.07. The lowest BCUT2D eigenvalue weighted by Crippen LogP contribution is -2.26. The van der Waals surface area contributed by atoms with Gasteiger partial charge in [-0.1, -0.05) is 0 Å². The van der Waals surface area contributed by atoms with Crippen molar-refractivity contribution in [3.8, 4) is 5.88 Å². The largest absolute Gasteiger partial charge is 0.417 e. The molecule has 0 fully saturated rings. The lowest BCUT2D eigenvalue weighted by atomic mass is 10.2. The van der Waals surface area contributed by atoms with Gasteiger partial charge in [0.15, 0.2) is 5.69 Å². The van der Waals surface area contributed by atoms with Gasteiger partial charge in [-0.05, 0) is 25.1 Å². The van der Waals surface area contributed by atoms with E-state index in [9.17, 15) is 13.6 Å². The van der Waals surface area contributed by atoms with E-state index in [0.717, 1.165) is 19.9 Å². The van der Waals surface area contributed by atoms with Crippen molar-refractivity contribution in [1.82, 2.24) is 14.8 Å². The first kappa shape index (κ1) is 16.3. The maximum atomic E-state index is 12.5. The number of nitrogens with zero attached hydrogens (tertiary/aromatic N) is 4. The van der Waals surface area contributed by atoms with Crippen molar-refractivity contribution in [2.24, 2.45) is 7.05 Å². The van der Waals surface area contributed by atoms with Gasteiger partial charge in [-0.15, -0.1) is 11.3 Å². The van der Waals surface area contributed by atoms with Crippen LogP contribution in [-0.4, -0.2) is 34.3 Å². The molecule has 3 rings (SSSR count). The maximum absolute atomic E-state index is 12.5. The van der Waals surface area contributed by atoms with E-state index in [2.05, 4.69) is 14.8 Å². The van der Waals surface area contributed by atoms with Gasteiger partial charge >= 0.3 is 6.61 Å². The molecular formula is C15H14F2N4O2S. The van der Waals surface area contributed by atoms with Gasteiger partial charge in [-0.25, -0.2) is 9.67 Å². The van der Waals surface area contributed by atoms with Crippen LogP contribution in [0.25, 0.3) is 10.2 Å². The molecule has 24 heavy (non-hydrogen) atoms. The molecule has 0 bridgehead atoms. The molecule has 0 saturated heterocycles. The molecule has 9 heteroatoms. The lowest BCUT2D eigenvalue weighted by molar-refractivity contribution is -0.0553. The topological polar surface area (TPSA) is 60.3 Å². The fraction of sp³-hybridized carbons (Fsp3) is 0.267. The molecule has 126 valence electrons. The number of benzene rings is 1. The SMILES string of the molecule is Cc1nc2ccc(N(C)C(=O)c3cc(OC(F)F)n(C)n3)cc2s1. The molecule has 0 saturated carbocycles. The van der Waals surface area contributed by atoms with Gasteiger partial charge in [0, 0.05) is 25.8 Å². The predicted molar refractivity (Wildman–Crippen MR) is 86.9 cm³/mol. The predicted octanol–water partition coefficient (Wildman–Crippen LogP) is 3.22. The minimum atomic E-state index is -2.97. The van der Waals surface area contributed by atoms with E-state index in [1.807, 2.05) is 19.1 Å². The molecule has 6 nitrogen and oxygen atoms in total. The summed E-state index contributed by atoms with van der Waals surface area (Å²) in [7, 11) is 3.03. The normalized spacial score (nSPS) is 11.2. The highest BCUT2D eigenvalue weighted by atomic mass is 32.1. The molecule has 0 radical (unpaired) electrons. The van der Waals surface area contributed by atoms with E-state index in [-0.39, 0.29) is 11.6 Å². The van der Waals surface area contributed by atoms with Gasteiger partial charge < -0.3 is 9.64 Å². The summed E-state index contributed by atoms with van der Waals surface area (Å²) in [6.45, 7) is -1.06. The number of carbonyl (C=O) groups is 1. The summed E-state index contributed by atoms with van der Waals surface area (Å²) in [6, 6.07) is 6.67. The van der Waals surface area contributed by atoms with Crippen LogP contribution in [0.3, 0.4) is 0 Å². The van der Waals surface area contributed by atoms with E-state index < -0.39 is 12.5 Å². The Morgan fingerprint density at radius 1 is 1.38 bits per heavy atom. The zero-order chi connectivity index (χ0) is 17.4. The number of halogens is 2. The zero-order valence-corrected chi connectivity index (χ0v) is 14.0. The second-order valence-electron chi connectivity index (χ2n) is 5.12. The number of carbonyl (C=O) groups excluding carboxylic acids is 1. The third-order valence-corrected chi connectivity index (χ3v) is 4.37. The summed E-state index contributed by atoms with van der Waals surface area (Å²) < 4.78 is 31.0. The summed E-state index contributed by atoms with van der Waals surface area (Å²) in [5.41, 5.74) is 1.56. The molecule has 0 spiro atoms. The number of aryl methyl sites for hydroxylation is 2. The molecule has 1 aromatic carbocycles. The molecule has 3 aromatic rings. The van der Waals surface area contributed by atoms with E-state index in [0.29, 0.717) is 5.69 Å². The monoisotopic (exact) mass is 352 g/mol. The standard InChI is InChI=1S/C15H14F2N4O2S/c1-8-18-10-5-4-9(6-12(10)24-8)20(2)14(22)11-7-13(21(3)19-11)23-15(16)17/h4-7,15H,1-3H3. The molecule has 0 N–H and O–H groups in total. The second kappa shape index (κ2) is 6.16. The molecule has 0 unspecified atom stereocenters. The first-order valence-electron chi connectivity index (χ1n) is 6.99. The summed E-state index contributed by atoms with van der Waals surface area (Å²) in [5.74, 6) is -0.592. The molecule has 0 atom stereocenters. The molecule has 1 amide bonds. The number of ether oxygens (including phenoxy) is 1. The van der Waals surface area contributed by atoms with Crippen LogP contribution in [0.2, 0.25) is 0 Å². The van der Waals surface area contributed by atoms with Crippen molar-refractivity contribution in [1.29, 1.82) is 0 Å². The number of aromatic nitrogens is 3. The molecule has 0 aliphatic rings. The van der Waals surface area contributed by atoms with Crippen LogP contribution in [-0.2, 0) is 7.05 Å². The minimum Gasteiger partial charge on any atom is -0.417 e. The quantitative estimate of drug-likeness (QED) is 0.723. The fourth-order valence-electron chi connectivity index (χ4n) is 2.28. The van der Waals surface area contributed by atoms with Crippen molar-refractivity contribution in [2.45, 2.75) is 13.5 Å². The lowest BCUT2D eigenvalue weighted by Gasteiger charge is -2.15. The second-order valence-corrected chi connectivity index (χ2v) is 6.35. The van der Waals surface area contributed by atoms with E-state index in [4.69, 9.17) is 0 Å². The average Bonchev–Trinajstić information content (AvgIpc) is 3.06. The average molecular weight is 352 g/mol. The van der Waals surface area contributed by atoms with Crippen LogP contribution < -0.4 is 9.64 Å². The van der Waals surface area contributed by atoms with Crippen LogP contribution in [0.15, 0.2) is 24.3 Å². The van der Waals surface area contributed by atoms with Gasteiger partial charge in [0.2, 0.25) is 5.88 Å². The number of hydrogen-bond donors (Lipinski definition) is 0. The Morgan fingerprint density at radius 3 is 2.83 bits per heavy atom. The van der Waals surface area contributed by atoms with Crippen LogP contribution in [0.4, 0.5) is 14.5 Å². The highest BCUT2D eigenvalue weighted by Gasteiger charge is 2.20. The molecule has 2 aromatic heterocycles. The van der Waals surface area contributed by atoms with Crippen molar-refractivity contribution in [3.63, 3.8) is 0 Å².